The van der Waals surface area contributed by atoms with Gasteiger partial charge in [-0.15, -0.1) is 0 Å². The van der Waals surface area contributed by atoms with Crippen molar-refractivity contribution >= 4 is 5.97 Å². The summed E-state index contributed by atoms with van der Waals surface area (Å²) in [6, 6.07) is 19.9. The number of aryl methyl sites for hydroxylation is 1. The lowest BCUT2D eigenvalue weighted by molar-refractivity contribution is 0.0518. The molecule has 0 atom stereocenters. The van der Waals surface area contributed by atoms with Crippen molar-refractivity contribution in [2.75, 3.05) is 6.61 Å². The number of esters is 1. The molecule has 3 rings (SSSR count). The van der Waals surface area contributed by atoms with E-state index in [1.165, 1.54) is 0 Å². The molecule has 0 aliphatic rings. The molecule has 0 saturated heterocycles. The maximum absolute atomic E-state index is 12.1. The molecule has 0 amide bonds. The first-order valence-electron chi connectivity index (χ1n) is 9.98. The highest BCUT2D eigenvalue weighted by Gasteiger charge is 2.16. The van der Waals surface area contributed by atoms with Gasteiger partial charge in [0.05, 0.1) is 24.8 Å². The molecular formula is C24H25N3O2. The number of aromatic nitrogens is 2. The summed E-state index contributed by atoms with van der Waals surface area (Å²) < 4.78 is 6.94. The summed E-state index contributed by atoms with van der Waals surface area (Å²) in [6.45, 7) is 4.74. The summed E-state index contributed by atoms with van der Waals surface area (Å²) >= 11 is 0. The molecule has 1 aromatic heterocycles. The number of hydrogen-bond acceptors (Lipinski definition) is 4. The Hall–Kier alpha value is -3.39. The van der Waals surface area contributed by atoms with E-state index in [-0.39, 0.29) is 0 Å². The number of ether oxygens (including phenoxy) is 1. The van der Waals surface area contributed by atoms with Gasteiger partial charge in [0.25, 0.3) is 0 Å². The first kappa shape index (κ1) is 20.3. The highest BCUT2D eigenvalue weighted by molar-refractivity contribution is 5.87. The van der Waals surface area contributed by atoms with Gasteiger partial charge in [0.2, 0.25) is 0 Å². The highest BCUT2D eigenvalue weighted by atomic mass is 16.5. The molecule has 0 radical (unpaired) electrons. The monoisotopic (exact) mass is 387 g/mol. The minimum atomic E-state index is -0.402. The summed E-state index contributed by atoms with van der Waals surface area (Å²) in [7, 11) is 0. The molecule has 148 valence electrons. The number of nitrogens with zero attached hydrogens (tertiary/aromatic N) is 3. The second kappa shape index (κ2) is 9.70. The lowest BCUT2D eigenvalue weighted by Crippen LogP contribution is -2.09. The van der Waals surface area contributed by atoms with Crippen LogP contribution in [0.2, 0.25) is 0 Å². The zero-order valence-electron chi connectivity index (χ0n) is 16.9. The number of nitriles is 1. The van der Waals surface area contributed by atoms with Crippen molar-refractivity contribution < 1.29 is 9.53 Å². The molecule has 0 N–H and O–H groups in total. The van der Waals surface area contributed by atoms with Crippen molar-refractivity contribution in [3.8, 4) is 17.2 Å². The predicted octanol–water partition coefficient (Wildman–Crippen LogP) is 4.99. The van der Waals surface area contributed by atoms with Crippen molar-refractivity contribution in [3.05, 3.63) is 77.1 Å². The number of carbonyl (C=O) groups excluding carboxylic acids is 1. The second-order valence-corrected chi connectivity index (χ2v) is 6.86. The first-order chi connectivity index (χ1) is 14.2. The zero-order chi connectivity index (χ0) is 20.6. The molecule has 0 bridgehead atoms. The maximum Gasteiger partial charge on any atom is 0.358 e. The molecule has 2 aromatic carbocycles. The SMILES string of the molecule is CCCCc1cc(C(=O)OCC)nn1Cc1ccc(-c2ccccc2)c(C#N)c1. The Labute approximate surface area is 171 Å². The molecule has 0 aliphatic heterocycles. The van der Waals surface area contributed by atoms with Crippen LogP contribution in [-0.4, -0.2) is 22.4 Å². The van der Waals surface area contributed by atoms with Crippen LogP contribution in [0.4, 0.5) is 0 Å². The van der Waals surface area contributed by atoms with Crippen LogP contribution in [0.15, 0.2) is 54.6 Å². The average molecular weight is 387 g/mol. The summed E-state index contributed by atoms with van der Waals surface area (Å²) in [5.74, 6) is -0.402. The van der Waals surface area contributed by atoms with E-state index in [1.54, 1.807) is 6.92 Å². The Morgan fingerprint density at radius 3 is 2.62 bits per heavy atom. The van der Waals surface area contributed by atoms with Crippen molar-refractivity contribution in [2.24, 2.45) is 0 Å². The topological polar surface area (TPSA) is 67.9 Å². The molecule has 0 saturated carbocycles. The van der Waals surface area contributed by atoms with E-state index < -0.39 is 5.97 Å². The number of hydrogen-bond donors (Lipinski definition) is 0. The summed E-state index contributed by atoms with van der Waals surface area (Å²) in [5.41, 5.74) is 4.86. The molecule has 0 unspecified atom stereocenters. The van der Waals surface area contributed by atoms with E-state index >= 15 is 0 Å². The minimum absolute atomic E-state index is 0.322. The van der Waals surface area contributed by atoms with Gasteiger partial charge in [-0.05, 0) is 48.6 Å². The quantitative estimate of drug-likeness (QED) is 0.511. The van der Waals surface area contributed by atoms with Crippen LogP contribution in [0, 0.1) is 11.3 Å². The average Bonchev–Trinajstić information content (AvgIpc) is 3.15. The lowest BCUT2D eigenvalue weighted by Gasteiger charge is -2.10. The van der Waals surface area contributed by atoms with Crippen LogP contribution in [0.5, 0.6) is 0 Å². The first-order valence-corrected chi connectivity index (χ1v) is 9.98. The summed E-state index contributed by atoms with van der Waals surface area (Å²) in [6.07, 6.45) is 2.92. The maximum atomic E-state index is 12.1. The molecule has 0 spiro atoms. The van der Waals surface area contributed by atoms with Gasteiger partial charge in [0.1, 0.15) is 0 Å². The number of rotatable bonds is 8. The van der Waals surface area contributed by atoms with Crippen LogP contribution in [0.1, 0.15) is 54.0 Å². The fraction of sp³-hybridized carbons (Fsp3) is 0.292. The fourth-order valence-electron chi connectivity index (χ4n) is 3.28. The molecule has 5 heteroatoms. The Bertz CT molecular complexity index is 1020. The third-order valence-electron chi connectivity index (χ3n) is 4.76. The van der Waals surface area contributed by atoms with Gasteiger partial charge in [-0.25, -0.2) is 4.79 Å². The standard InChI is InChI=1S/C24H25N3O2/c1-3-5-11-21-15-23(24(28)29-4-2)26-27(21)17-18-12-13-22(20(14-18)16-25)19-9-7-6-8-10-19/h6-10,12-15H,3-5,11,17H2,1-2H3. The zero-order valence-corrected chi connectivity index (χ0v) is 16.9. The van der Waals surface area contributed by atoms with E-state index in [0.29, 0.717) is 24.4 Å². The lowest BCUT2D eigenvalue weighted by atomic mass is 9.98. The van der Waals surface area contributed by atoms with Crippen LogP contribution >= 0.6 is 0 Å². The van der Waals surface area contributed by atoms with Gasteiger partial charge in [-0.3, -0.25) is 4.68 Å². The van der Waals surface area contributed by atoms with Gasteiger partial charge in [0, 0.05) is 5.69 Å². The molecule has 0 aliphatic carbocycles. The molecule has 1 heterocycles. The third-order valence-corrected chi connectivity index (χ3v) is 4.76. The van der Waals surface area contributed by atoms with Crippen LogP contribution in [-0.2, 0) is 17.7 Å². The second-order valence-electron chi connectivity index (χ2n) is 6.86. The molecular weight excluding hydrogens is 362 g/mol. The third kappa shape index (κ3) is 4.91. The van der Waals surface area contributed by atoms with Crippen LogP contribution in [0.25, 0.3) is 11.1 Å². The molecule has 0 fully saturated rings. The molecule has 29 heavy (non-hydrogen) atoms. The van der Waals surface area contributed by atoms with Crippen molar-refractivity contribution in [1.29, 1.82) is 5.26 Å². The van der Waals surface area contributed by atoms with Crippen molar-refractivity contribution in [3.63, 3.8) is 0 Å². The Morgan fingerprint density at radius 2 is 1.93 bits per heavy atom. The predicted molar refractivity (Wildman–Crippen MR) is 112 cm³/mol. The number of unbranched alkanes of at least 4 members (excludes halogenated alkanes) is 1. The smallest absolute Gasteiger partial charge is 0.358 e. The van der Waals surface area contributed by atoms with E-state index in [0.717, 1.165) is 41.6 Å². The summed E-state index contributed by atoms with van der Waals surface area (Å²) in [5, 5.41) is 14.1. The minimum Gasteiger partial charge on any atom is -0.461 e. The van der Waals surface area contributed by atoms with Crippen molar-refractivity contribution in [2.45, 2.75) is 39.7 Å². The van der Waals surface area contributed by atoms with Gasteiger partial charge < -0.3 is 4.74 Å². The normalized spacial score (nSPS) is 10.5. The van der Waals surface area contributed by atoms with Gasteiger partial charge in [-0.2, -0.15) is 10.4 Å². The Balaban J connectivity index is 1.90. The summed E-state index contributed by atoms with van der Waals surface area (Å²) in [4.78, 5) is 12.1. The Morgan fingerprint density at radius 1 is 1.14 bits per heavy atom. The molecule has 3 aromatic rings. The largest absolute Gasteiger partial charge is 0.461 e. The fourth-order valence-corrected chi connectivity index (χ4v) is 3.28. The van der Waals surface area contributed by atoms with E-state index in [4.69, 9.17) is 4.74 Å². The van der Waals surface area contributed by atoms with E-state index in [9.17, 15) is 10.1 Å². The highest BCUT2D eigenvalue weighted by Crippen LogP contribution is 2.25. The van der Waals surface area contributed by atoms with Gasteiger partial charge in [-0.1, -0.05) is 55.8 Å². The van der Waals surface area contributed by atoms with Gasteiger partial charge in [0.15, 0.2) is 5.69 Å². The number of carbonyl (C=O) groups is 1. The number of benzene rings is 2. The van der Waals surface area contributed by atoms with Crippen LogP contribution in [0.3, 0.4) is 0 Å². The van der Waals surface area contributed by atoms with E-state index in [1.807, 2.05) is 59.3 Å². The van der Waals surface area contributed by atoms with Crippen LogP contribution < -0.4 is 0 Å². The van der Waals surface area contributed by atoms with Crippen molar-refractivity contribution in [1.82, 2.24) is 9.78 Å². The van der Waals surface area contributed by atoms with Gasteiger partial charge >= 0.3 is 5.97 Å². The van der Waals surface area contributed by atoms with E-state index in [2.05, 4.69) is 18.1 Å². The Kier molecular flexibility index (Phi) is 6.80. The molecule has 5 nitrogen and oxygen atoms in total.